The van der Waals surface area contributed by atoms with Crippen molar-refractivity contribution in [1.82, 2.24) is 19.7 Å². The zero-order valence-corrected chi connectivity index (χ0v) is 22.9. The summed E-state index contributed by atoms with van der Waals surface area (Å²) in [5.74, 6) is 1.95. The van der Waals surface area contributed by atoms with E-state index in [0.717, 1.165) is 78.7 Å². The van der Waals surface area contributed by atoms with E-state index in [4.69, 9.17) is 13.9 Å². The number of ether oxygens (including phenoxy) is 2. The Hall–Kier alpha value is -4.21. The van der Waals surface area contributed by atoms with Gasteiger partial charge in [0, 0.05) is 37.0 Å². The molecule has 0 aliphatic carbocycles. The van der Waals surface area contributed by atoms with Gasteiger partial charge in [0.15, 0.2) is 0 Å². The number of hydrogen-bond donors (Lipinski definition) is 0. The van der Waals surface area contributed by atoms with Gasteiger partial charge in [-0.2, -0.15) is 5.10 Å². The Balaban J connectivity index is 1.31. The van der Waals surface area contributed by atoms with Crippen LogP contribution in [0.1, 0.15) is 29.2 Å². The van der Waals surface area contributed by atoms with Crippen molar-refractivity contribution in [2.24, 2.45) is 0 Å². The molecule has 4 aromatic rings. The first-order valence-electron chi connectivity index (χ1n) is 13.6. The van der Waals surface area contributed by atoms with E-state index in [1.807, 2.05) is 53.0 Å². The summed E-state index contributed by atoms with van der Waals surface area (Å²) in [5, 5.41) is 4.61. The predicted molar refractivity (Wildman–Crippen MR) is 153 cm³/mol. The summed E-state index contributed by atoms with van der Waals surface area (Å²) in [6, 6.07) is 14.0. The van der Waals surface area contributed by atoms with E-state index < -0.39 is 0 Å². The molecule has 0 bridgehead atoms. The van der Waals surface area contributed by atoms with E-state index in [2.05, 4.69) is 39.4 Å². The Bertz CT molecular complexity index is 1510. The van der Waals surface area contributed by atoms with Gasteiger partial charge >= 0.3 is 0 Å². The van der Waals surface area contributed by atoms with E-state index in [9.17, 15) is 4.79 Å². The second-order valence-electron chi connectivity index (χ2n) is 10.2. The SMILES string of the molecule is COc1ccc(CN2C(=O)CC(c3ncc(C)o3)=Cc3ccc(-c4cnn(CCN5CCOCC5)c4)cc32)cc1. The van der Waals surface area contributed by atoms with Crippen molar-refractivity contribution in [2.75, 3.05) is 44.9 Å². The van der Waals surface area contributed by atoms with Crippen LogP contribution in [0.25, 0.3) is 22.8 Å². The fraction of sp³-hybridized carbons (Fsp3) is 0.323. The molecule has 0 N–H and O–H groups in total. The molecule has 206 valence electrons. The number of oxazole rings is 1. The number of fused-ring (bicyclic) bond motifs is 1. The number of aryl methyl sites for hydroxylation is 1. The van der Waals surface area contributed by atoms with Crippen LogP contribution >= 0.6 is 0 Å². The molecular weight excluding hydrogens is 506 g/mol. The lowest BCUT2D eigenvalue weighted by Gasteiger charge is -2.26. The summed E-state index contributed by atoms with van der Waals surface area (Å²) in [7, 11) is 1.65. The molecule has 0 saturated carbocycles. The van der Waals surface area contributed by atoms with Crippen LogP contribution in [0.15, 0.2) is 65.5 Å². The monoisotopic (exact) mass is 539 g/mol. The molecule has 9 heteroatoms. The Kier molecular flexibility index (Phi) is 7.48. The van der Waals surface area contributed by atoms with Gasteiger partial charge < -0.3 is 18.8 Å². The van der Waals surface area contributed by atoms with E-state index in [0.29, 0.717) is 18.2 Å². The van der Waals surface area contributed by atoms with Gasteiger partial charge in [-0.3, -0.25) is 14.4 Å². The van der Waals surface area contributed by atoms with Gasteiger partial charge in [0.2, 0.25) is 11.8 Å². The second-order valence-corrected chi connectivity index (χ2v) is 10.2. The number of hydrogen-bond acceptors (Lipinski definition) is 7. The van der Waals surface area contributed by atoms with Crippen LogP contribution in [-0.2, 0) is 22.6 Å². The maximum absolute atomic E-state index is 13.7. The molecule has 1 saturated heterocycles. The van der Waals surface area contributed by atoms with Crippen molar-refractivity contribution in [3.8, 4) is 16.9 Å². The summed E-state index contributed by atoms with van der Waals surface area (Å²) in [4.78, 5) is 22.4. The van der Waals surface area contributed by atoms with E-state index in [-0.39, 0.29) is 12.3 Å². The molecule has 0 unspecified atom stereocenters. The van der Waals surface area contributed by atoms with Crippen molar-refractivity contribution in [2.45, 2.75) is 26.4 Å². The number of amides is 1. The fourth-order valence-corrected chi connectivity index (χ4v) is 5.14. The molecule has 2 aliphatic heterocycles. The number of anilines is 1. The molecule has 2 aromatic heterocycles. The lowest BCUT2D eigenvalue weighted by Crippen LogP contribution is -2.38. The average molecular weight is 540 g/mol. The zero-order valence-electron chi connectivity index (χ0n) is 22.9. The summed E-state index contributed by atoms with van der Waals surface area (Å²) in [6.45, 7) is 7.53. The molecule has 6 rings (SSSR count). The van der Waals surface area contributed by atoms with Crippen molar-refractivity contribution in [1.29, 1.82) is 0 Å². The highest BCUT2D eigenvalue weighted by Gasteiger charge is 2.26. The normalized spacial score (nSPS) is 16.0. The van der Waals surface area contributed by atoms with Gasteiger partial charge in [-0.25, -0.2) is 4.98 Å². The van der Waals surface area contributed by atoms with Gasteiger partial charge in [-0.1, -0.05) is 24.3 Å². The van der Waals surface area contributed by atoms with Crippen molar-refractivity contribution in [3.05, 3.63) is 83.8 Å². The second kappa shape index (κ2) is 11.5. The van der Waals surface area contributed by atoms with Gasteiger partial charge in [-0.15, -0.1) is 0 Å². The third-order valence-electron chi connectivity index (χ3n) is 7.41. The fourth-order valence-electron chi connectivity index (χ4n) is 5.14. The molecule has 0 atom stereocenters. The number of rotatable bonds is 8. The Morgan fingerprint density at radius 2 is 1.82 bits per heavy atom. The summed E-state index contributed by atoms with van der Waals surface area (Å²) in [5.41, 5.74) is 5.58. The van der Waals surface area contributed by atoms with Crippen LogP contribution in [0.3, 0.4) is 0 Å². The average Bonchev–Trinajstić information content (AvgIpc) is 3.62. The van der Waals surface area contributed by atoms with Crippen LogP contribution < -0.4 is 9.64 Å². The Morgan fingerprint density at radius 1 is 1.00 bits per heavy atom. The first kappa shape index (κ1) is 26.0. The first-order valence-corrected chi connectivity index (χ1v) is 13.6. The largest absolute Gasteiger partial charge is 0.497 e. The first-order chi connectivity index (χ1) is 19.6. The number of nitrogens with zero attached hydrogens (tertiary/aromatic N) is 5. The molecule has 2 aromatic carbocycles. The summed E-state index contributed by atoms with van der Waals surface area (Å²) >= 11 is 0. The summed E-state index contributed by atoms with van der Waals surface area (Å²) in [6.07, 6.45) is 7.86. The molecule has 0 radical (unpaired) electrons. The number of morpholine rings is 1. The van der Waals surface area contributed by atoms with Gasteiger partial charge in [0.05, 0.1) is 57.9 Å². The lowest BCUT2D eigenvalue weighted by molar-refractivity contribution is -0.117. The number of carbonyl (C=O) groups excluding carboxylic acids is 1. The van der Waals surface area contributed by atoms with Crippen molar-refractivity contribution < 1.29 is 18.7 Å². The summed E-state index contributed by atoms with van der Waals surface area (Å²) < 4.78 is 18.6. The molecule has 9 nitrogen and oxygen atoms in total. The Morgan fingerprint density at radius 3 is 2.58 bits per heavy atom. The third kappa shape index (κ3) is 5.71. The van der Waals surface area contributed by atoms with E-state index >= 15 is 0 Å². The third-order valence-corrected chi connectivity index (χ3v) is 7.41. The molecule has 1 amide bonds. The minimum Gasteiger partial charge on any atom is -0.497 e. The van der Waals surface area contributed by atoms with Crippen LogP contribution in [0.2, 0.25) is 0 Å². The van der Waals surface area contributed by atoms with Crippen LogP contribution in [0, 0.1) is 6.92 Å². The molecule has 0 spiro atoms. The molecule has 1 fully saturated rings. The van der Waals surface area contributed by atoms with Gasteiger partial charge in [-0.05, 0) is 47.9 Å². The number of benzene rings is 2. The van der Waals surface area contributed by atoms with Crippen LogP contribution in [0.5, 0.6) is 5.75 Å². The van der Waals surface area contributed by atoms with Crippen LogP contribution in [-0.4, -0.2) is 65.5 Å². The van der Waals surface area contributed by atoms with E-state index in [1.165, 1.54) is 0 Å². The highest BCUT2D eigenvalue weighted by atomic mass is 16.5. The van der Waals surface area contributed by atoms with Gasteiger partial charge in [0.25, 0.3) is 0 Å². The molecule has 40 heavy (non-hydrogen) atoms. The standard InChI is InChI=1S/C31H33N5O4/c1-22-18-32-31(40-22)26-15-25-6-5-24(27-19-33-35(21-27)10-9-34-11-13-39-14-12-34)16-29(25)36(30(37)17-26)20-23-3-7-28(38-2)8-4-23/h3-8,15-16,18-19,21H,9-14,17,20H2,1-2H3. The molecule has 2 aliphatic rings. The minimum absolute atomic E-state index is 0.0185. The molecule has 4 heterocycles. The predicted octanol–water partition coefficient (Wildman–Crippen LogP) is 4.66. The smallest absolute Gasteiger partial charge is 0.231 e. The Labute approximate surface area is 233 Å². The maximum Gasteiger partial charge on any atom is 0.231 e. The maximum atomic E-state index is 13.7. The highest BCUT2D eigenvalue weighted by molar-refractivity contribution is 6.06. The quantitative estimate of drug-likeness (QED) is 0.322. The topological polar surface area (TPSA) is 85.9 Å². The van der Waals surface area contributed by atoms with E-state index in [1.54, 1.807) is 13.3 Å². The molecular formula is C31H33N5O4. The minimum atomic E-state index is -0.0185. The lowest BCUT2D eigenvalue weighted by atomic mass is 10.0. The zero-order chi connectivity index (χ0) is 27.5. The van der Waals surface area contributed by atoms with Crippen molar-refractivity contribution >= 4 is 23.2 Å². The number of methoxy groups -OCH3 is 1. The number of carbonyl (C=O) groups is 1. The van der Waals surface area contributed by atoms with Crippen LogP contribution in [0.4, 0.5) is 5.69 Å². The van der Waals surface area contributed by atoms with Gasteiger partial charge in [0.1, 0.15) is 11.5 Å². The highest BCUT2D eigenvalue weighted by Crippen LogP contribution is 2.36. The number of aromatic nitrogens is 3. The van der Waals surface area contributed by atoms with Crippen molar-refractivity contribution in [3.63, 3.8) is 0 Å².